The molecule has 0 aromatic rings. The van der Waals surface area contributed by atoms with Crippen molar-refractivity contribution >= 4 is 10.4 Å². The van der Waals surface area contributed by atoms with Crippen LogP contribution in [0.1, 0.15) is 78.6 Å². The Kier molecular flexibility index (Phi) is 16.0. The van der Waals surface area contributed by atoms with E-state index in [4.69, 9.17) is 14.2 Å². The summed E-state index contributed by atoms with van der Waals surface area (Å²) >= 11 is 0. The van der Waals surface area contributed by atoms with Crippen LogP contribution in [0.15, 0.2) is 0 Å². The SMILES string of the molecule is CCCOC(CCCCCCCN[SiH3])(OCCC)OCCC. The second-order valence-electron chi connectivity index (χ2n) is 5.85. The molecule has 0 unspecified atom stereocenters. The third kappa shape index (κ3) is 11.6. The number of nitrogens with one attached hydrogen (secondary N) is 1. The zero-order chi connectivity index (χ0) is 16.5. The molecule has 0 aromatic heterocycles. The van der Waals surface area contributed by atoms with E-state index in [9.17, 15) is 0 Å². The fraction of sp³-hybridized carbons (Fsp3) is 1.00. The molecule has 0 spiro atoms. The monoisotopic (exact) mass is 333 g/mol. The van der Waals surface area contributed by atoms with E-state index in [0.717, 1.165) is 42.5 Å². The first-order chi connectivity index (χ1) is 10.7. The maximum absolute atomic E-state index is 5.98. The van der Waals surface area contributed by atoms with Gasteiger partial charge in [0.05, 0.1) is 30.2 Å². The van der Waals surface area contributed by atoms with Crippen LogP contribution in [0.4, 0.5) is 0 Å². The molecule has 0 bridgehead atoms. The maximum Gasteiger partial charge on any atom is 0.282 e. The molecule has 0 aliphatic carbocycles. The number of hydrogen-bond acceptors (Lipinski definition) is 4. The summed E-state index contributed by atoms with van der Waals surface area (Å²) in [6.45, 7) is 9.62. The molecular weight excluding hydrogens is 294 g/mol. The van der Waals surface area contributed by atoms with E-state index in [-0.39, 0.29) is 0 Å². The zero-order valence-electron chi connectivity index (χ0n) is 15.4. The van der Waals surface area contributed by atoms with Crippen molar-refractivity contribution in [2.45, 2.75) is 84.5 Å². The fourth-order valence-electron chi connectivity index (χ4n) is 2.29. The first-order valence-electron chi connectivity index (χ1n) is 9.31. The molecule has 0 rings (SSSR count). The molecule has 4 nitrogen and oxygen atoms in total. The minimum absolute atomic E-state index is 0.694. The van der Waals surface area contributed by atoms with Crippen LogP contribution in [0.2, 0.25) is 0 Å². The van der Waals surface area contributed by atoms with Crippen LogP contribution in [-0.2, 0) is 14.2 Å². The number of hydrogen-bond donors (Lipinski definition) is 1. The Morgan fingerprint density at radius 1 is 0.727 bits per heavy atom. The van der Waals surface area contributed by atoms with Gasteiger partial charge in [0.15, 0.2) is 0 Å². The van der Waals surface area contributed by atoms with Crippen molar-refractivity contribution in [2.75, 3.05) is 26.4 Å². The molecule has 0 atom stereocenters. The third-order valence-electron chi connectivity index (χ3n) is 3.49. The summed E-state index contributed by atoms with van der Waals surface area (Å²) in [5.41, 5.74) is 0. The van der Waals surface area contributed by atoms with E-state index < -0.39 is 5.97 Å². The fourth-order valence-corrected chi connectivity index (χ4v) is 2.64. The lowest BCUT2D eigenvalue weighted by atomic mass is 10.1. The molecule has 0 aliphatic rings. The zero-order valence-corrected chi connectivity index (χ0v) is 17.4. The molecule has 0 saturated heterocycles. The van der Waals surface area contributed by atoms with Gasteiger partial charge in [-0.1, -0.05) is 40.0 Å². The highest BCUT2D eigenvalue weighted by Gasteiger charge is 2.32. The molecule has 0 amide bonds. The highest BCUT2D eigenvalue weighted by atomic mass is 28.2. The first kappa shape index (κ1) is 22.1. The van der Waals surface area contributed by atoms with Crippen molar-refractivity contribution < 1.29 is 14.2 Å². The molecular formula is C17H39NO3Si. The summed E-state index contributed by atoms with van der Waals surface area (Å²) in [4.78, 5) is 3.33. The third-order valence-corrected chi connectivity index (χ3v) is 3.99. The Balaban J connectivity index is 4.21. The van der Waals surface area contributed by atoms with E-state index in [0.29, 0.717) is 19.8 Å². The summed E-state index contributed by atoms with van der Waals surface area (Å²) in [6.07, 6.45) is 10.0. The molecule has 0 radical (unpaired) electrons. The quantitative estimate of drug-likeness (QED) is 0.252. The van der Waals surface area contributed by atoms with E-state index in [2.05, 4.69) is 25.8 Å². The topological polar surface area (TPSA) is 39.7 Å². The average Bonchev–Trinajstić information content (AvgIpc) is 2.55. The normalized spacial score (nSPS) is 12.1. The van der Waals surface area contributed by atoms with Gasteiger partial charge >= 0.3 is 0 Å². The summed E-state index contributed by atoms with van der Waals surface area (Å²) in [5, 5.41) is 0. The van der Waals surface area contributed by atoms with Gasteiger partial charge in [-0.25, -0.2) is 0 Å². The van der Waals surface area contributed by atoms with Crippen LogP contribution < -0.4 is 4.98 Å². The number of unbranched alkanes of at least 4 members (excludes halogenated alkanes) is 4. The number of rotatable bonds is 17. The van der Waals surface area contributed by atoms with Crippen LogP contribution in [0.3, 0.4) is 0 Å². The Bertz CT molecular complexity index is 208. The summed E-state index contributed by atoms with van der Waals surface area (Å²) in [6, 6.07) is 0. The van der Waals surface area contributed by atoms with Gasteiger partial charge in [-0.2, -0.15) is 0 Å². The first-order valence-corrected chi connectivity index (χ1v) is 10.3. The number of ether oxygens (including phenoxy) is 3. The van der Waals surface area contributed by atoms with E-state index in [1.165, 1.54) is 32.2 Å². The highest BCUT2D eigenvalue weighted by molar-refractivity contribution is 6.04. The van der Waals surface area contributed by atoms with Gasteiger partial charge in [-0.15, -0.1) is 0 Å². The lowest BCUT2D eigenvalue weighted by Crippen LogP contribution is -2.40. The van der Waals surface area contributed by atoms with E-state index in [1.807, 2.05) is 0 Å². The van der Waals surface area contributed by atoms with Crippen molar-refractivity contribution in [2.24, 2.45) is 0 Å². The molecule has 22 heavy (non-hydrogen) atoms. The van der Waals surface area contributed by atoms with Gasteiger partial charge in [0.1, 0.15) is 0 Å². The molecule has 1 N–H and O–H groups in total. The molecule has 0 fully saturated rings. The molecule has 5 heteroatoms. The smallest absolute Gasteiger partial charge is 0.282 e. The molecule has 0 aromatic carbocycles. The summed E-state index contributed by atoms with van der Waals surface area (Å²) < 4.78 is 17.9. The maximum atomic E-state index is 5.98. The Morgan fingerprint density at radius 3 is 1.64 bits per heavy atom. The van der Waals surface area contributed by atoms with Gasteiger partial charge in [0, 0.05) is 6.42 Å². The van der Waals surface area contributed by atoms with Gasteiger partial charge in [-0.3, -0.25) is 0 Å². The molecule has 134 valence electrons. The van der Waals surface area contributed by atoms with Gasteiger partial charge in [0.2, 0.25) is 0 Å². The van der Waals surface area contributed by atoms with Gasteiger partial charge < -0.3 is 19.2 Å². The van der Waals surface area contributed by atoms with Crippen molar-refractivity contribution in [3.63, 3.8) is 0 Å². The van der Waals surface area contributed by atoms with Crippen LogP contribution in [0.5, 0.6) is 0 Å². The van der Waals surface area contributed by atoms with Gasteiger partial charge in [-0.05, 0) is 38.6 Å². The predicted molar refractivity (Wildman–Crippen MR) is 97.1 cm³/mol. The summed E-state index contributed by atoms with van der Waals surface area (Å²) in [5.74, 6) is -0.807. The minimum atomic E-state index is -0.807. The Morgan fingerprint density at radius 2 is 1.18 bits per heavy atom. The van der Waals surface area contributed by atoms with Crippen LogP contribution in [-0.4, -0.2) is 42.7 Å². The average molecular weight is 334 g/mol. The van der Waals surface area contributed by atoms with Crippen molar-refractivity contribution in [3.8, 4) is 0 Å². The highest BCUT2D eigenvalue weighted by Crippen LogP contribution is 2.25. The standard InChI is InChI=1S/C17H39NO3Si/c1-4-14-19-17(20-15-5-2,21-16-6-3)12-10-8-7-9-11-13-18-22/h18H,4-16H2,1-3,22H3. The Hall–Kier alpha value is 0.0569. The van der Waals surface area contributed by atoms with Crippen LogP contribution in [0.25, 0.3) is 0 Å². The minimum Gasteiger partial charge on any atom is -0.345 e. The second kappa shape index (κ2) is 15.9. The van der Waals surface area contributed by atoms with Crippen LogP contribution >= 0.6 is 0 Å². The molecule has 0 aliphatic heterocycles. The lowest BCUT2D eigenvalue weighted by Gasteiger charge is -2.33. The van der Waals surface area contributed by atoms with Crippen molar-refractivity contribution in [1.29, 1.82) is 0 Å². The molecule has 0 heterocycles. The van der Waals surface area contributed by atoms with Crippen molar-refractivity contribution in [3.05, 3.63) is 0 Å². The summed E-state index contributed by atoms with van der Waals surface area (Å²) in [7, 11) is 1.10. The van der Waals surface area contributed by atoms with E-state index in [1.54, 1.807) is 0 Å². The second-order valence-corrected chi connectivity index (χ2v) is 6.56. The molecule has 0 saturated carbocycles. The largest absolute Gasteiger partial charge is 0.345 e. The Labute approximate surface area is 141 Å². The van der Waals surface area contributed by atoms with Gasteiger partial charge in [0.25, 0.3) is 5.97 Å². The van der Waals surface area contributed by atoms with E-state index >= 15 is 0 Å². The predicted octanol–water partition coefficient (Wildman–Crippen LogP) is 3.13. The van der Waals surface area contributed by atoms with Crippen LogP contribution in [0, 0.1) is 0 Å². The van der Waals surface area contributed by atoms with Crippen molar-refractivity contribution in [1.82, 2.24) is 4.98 Å². The lowest BCUT2D eigenvalue weighted by molar-refractivity contribution is -0.383.